The molecule has 1 aliphatic rings. The summed E-state index contributed by atoms with van der Waals surface area (Å²) in [7, 11) is 1.86. The second-order valence-electron chi connectivity index (χ2n) is 4.29. The van der Waals surface area contributed by atoms with Gasteiger partial charge in [0.25, 0.3) is 0 Å². The Hall–Kier alpha value is -1.10. The third-order valence-electron chi connectivity index (χ3n) is 2.82. The number of hydrogen-bond donors (Lipinski definition) is 2. The van der Waals surface area contributed by atoms with Gasteiger partial charge in [0.15, 0.2) is 0 Å². The van der Waals surface area contributed by atoms with Gasteiger partial charge in [-0.3, -0.25) is 0 Å². The van der Waals surface area contributed by atoms with Crippen LogP contribution in [-0.2, 0) is 6.54 Å². The summed E-state index contributed by atoms with van der Waals surface area (Å²) in [4.78, 5) is 0. The van der Waals surface area contributed by atoms with Gasteiger partial charge in [-0.2, -0.15) is 0 Å². The summed E-state index contributed by atoms with van der Waals surface area (Å²) >= 11 is 0. The minimum Gasteiger partial charge on any atom is -0.407 e. The highest BCUT2D eigenvalue weighted by atomic mass is 16.4. The molecule has 1 fully saturated rings. The highest BCUT2D eigenvalue weighted by Gasteiger charge is 2.22. The summed E-state index contributed by atoms with van der Waals surface area (Å²) in [6, 6.07) is 1.06. The molecule has 5 nitrogen and oxygen atoms in total. The van der Waals surface area contributed by atoms with E-state index in [9.17, 15) is 0 Å². The molecule has 1 aliphatic carbocycles. The fraction of sp³-hybridized carbons (Fsp3) is 0.800. The van der Waals surface area contributed by atoms with Crippen LogP contribution in [-0.4, -0.2) is 23.3 Å². The van der Waals surface area contributed by atoms with Crippen LogP contribution >= 0.6 is 0 Å². The molecule has 0 aromatic carbocycles. The van der Waals surface area contributed by atoms with Gasteiger partial charge in [0.2, 0.25) is 5.89 Å². The third kappa shape index (κ3) is 2.68. The second-order valence-corrected chi connectivity index (χ2v) is 4.29. The van der Waals surface area contributed by atoms with Crippen molar-refractivity contribution in [2.75, 3.05) is 12.4 Å². The summed E-state index contributed by atoms with van der Waals surface area (Å²) in [5.41, 5.74) is 0. The SMILES string of the molecule is CNCc1nnc(NC2CCC(C)C2)o1. The van der Waals surface area contributed by atoms with Gasteiger partial charge in [0, 0.05) is 6.04 Å². The van der Waals surface area contributed by atoms with Crippen molar-refractivity contribution in [3.05, 3.63) is 5.89 Å². The van der Waals surface area contributed by atoms with Gasteiger partial charge in [-0.25, -0.2) is 0 Å². The van der Waals surface area contributed by atoms with Crippen LogP contribution in [0.2, 0.25) is 0 Å². The average Bonchev–Trinajstić information content (AvgIpc) is 2.78. The fourth-order valence-electron chi connectivity index (χ4n) is 2.05. The Morgan fingerprint density at radius 1 is 1.40 bits per heavy atom. The molecule has 84 valence electrons. The maximum atomic E-state index is 5.43. The molecule has 0 bridgehead atoms. The first-order valence-corrected chi connectivity index (χ1v) is 5.51. The summed E-state index contributed by atoms with van der Waals surface area (Å²) in [5.74, 6) is 1.44. The van der Waals surface area contributed by atoms with Crippen molar-refractivity contribution in [2.45, 2.75) is 38.8 Å². The molecule has 2 atom stereocenters. The standard InChI is InChI=1S/C10H18N4O/c1-7-3-4-8(5-7)12-10-14-13-9(15-10)6-11-2/h7-8,11H,3-6H2,1-2H3,(H,12,14). The lowest BCUT2D eigenvalue weighted by molar-refractivity contribution is 0.483. The van der Waals surface area contributed by atoms with Crippen LogP contribution in [0, 0.1) is 5.92 Å². The summed E-state index contributed by atoms with van der Waals surface area (Å²) in [5, 5.41) is 14.1. The number of rotatable bonds is 4. The Balaban J connectivity index is 1.87. The van der Waals surface area contributed by atoms with Gasteiger partial charge in [-0.05, 0) is 32.2 Å². The molecule has 0 saturated heterocycles. The average molecular weight is 210 g/mol. The monoisotopic (exact) mass is 210 g/mol. The summed E-state index contributed by atoms with van der Waals surface area (Å²) in [6.07, 6.45) is 3.68. The first-order chi connectivity index (χ1) is 7.28. The van der Waals surface area contributed by atoms with E-state index >= 15 is 0 Å². The van der Waals surface area contributed by atoms with Gasteiger partial charge in [0.1, 0.15) is 0 Å². The van der Waals surface area contributed by atoms with Crippen molar-refractivity contribution >= 4 is 6.01 Å². The summed E-state index contributed by atoms with van der Waals surface area (Å²) in [6.45, 7) is 2.90. The minimum absolute atomic E-state index is 0.503. The predicted molar refractivity (Wildman–Crippen MR) is 57.5 cm³/mol. The summed E-state index contributed by atoms with van der Waals surface area (Å²) < 4.78 is 5.43. The van der Waals surface area contributed by atoms with Crippen molar-refractivity contribution in [1.29, 1.82) is 0 Å². The Kier molecular flexibility index (Phi) is 3.20. The molecule has 2 rings (SSSR count). The van der Waals surface area contributed by atoms with Crippen LogP contribution in [0.3, 0.4) is 0 Å². The van der Waals surface area contributed by atoms with Gasteiger partial charge < -0.3 is 15.1 Å². The molecule has 2 N–H and O–H groups in total. The van der Waals surface area contributed by atoms with E-state index in [4.69, 9.17) is 4.42 Å². The zero-order valence-electron chi connectivity index (χ0n) is 9.29. The highest BCUT2D eigenvalue weighted by molar-refractivity contribution is 5.20. The van der Waals surface area contributed by atoms with Crippen LogP contribution in [0.4, 0.5) is 6.01 Å². The topological polar surface area (TPSA) is 63.0 Å². The van der Waals surface area contributed by atoms with Crippen LogP contribution < -0.4 is 10.6 Å². The van der Waals surface area contributed by atoms with Crippen molar-refractivity contribution in [2.24, 2.45) is 5.92 Å². The fourth-order valence-corrected chi connectivity index (χ4v) is 2.05. The van der Waals surface area contributed by atoms with Crippen LogP contribution in [0.15, 0.2) is 4.42 Å². The van der Waals surface area contributed by atoms with Crippen molar-refractivity contribution in [3.8, 4) is 0 Å². The molecule has 1 heterocycles. The van der Waals surface area contributed by atoms with Crippen molar-refractivity contribution < 1.29 is 4.42 Å². The quantitative estimate of drug-likeness (QED) is 0.786. The molecule has 2 unspecified atom stereocenters. The number of aromatic nitrogens is 2. The molecule has 0 radical (unpaired) electrons. The third-order valence-corrected chi connectivity index (χ3v) is 2.82. The van der Waals surface area contributed by atoms with E-state index in [0.29, 0.717) is 24.5 Å². The van der Waals surface area contributed by atoms with Gasteiger partial charge in [-0.15, -0.1) is 5.10 Å². The van der Waals surface area contributed by atoms with E-state index < -0.39 is 0 Å². The van der Waals surface area contributed by atoms with E-state index in [1.54, 1.807) is 0 Å². The zero-order valence-corrected chi connectivity index (χ0v) is 9.29. The minimum atomic E-state index is 0.503. The maximum Gasteiger partial charge on any atom is 0.315 e. The zero-order chi connectivity index (χ0) is 10.7. The van der Waals surface area contributed by atoms with Crippen molar-refractivity contribution in [1.82, 2.24) is 15.5 Å². The van der Waals surface area contributed by atoms with E-state index in [-0.39, 0.29) is 0 Å². The van der Waals surface area contributed by atoms with E-state index in [1.165, 1.54) is 19.3 Å². The Morgan fingerprint density at radius 3 is 2.93 bits per heavy atom. The molecule has 1 saturated carbocycles. The largest absolute Gasteiger partial charge is 0.407 e. The number of anilines is 1. The number of hydrogen-bond acceptors (Lipinski definition) is 5. The first kappa shape index (κ1) is 10.4. The van der Waals surface area contributed by atoms with E-state index in [1.807, 2.05) is 7.05 Å². The lowest BCUT2D eigenvalue weighted by atomic mass is 10.1. The maximum absolute atomic E-state index is 5.43. The number of nitrogens with zero attached hydrogens (tertiary/aromatic N) is 2. The number of nitrogens with one attached hydrogen (secondary N) is 2. The van der Waals surface area contributed by atoms with Crippen LogP contribution in [0.25, 0.3) is 0 Å². The molecular formula is C10H18N4O. The normalized spacial score (nSPS) is 25.7. The lowest BCUT2D eigenvalue weighted by Crippen LogP contribution is -2.15. The molecule has 0 spiro atoms. The van der Waals surface area contributed by atoms with Gasteiger partial charge in [0.05, 0.1) is 6.54 Å². The van der Waals surface area contributed by atoms with Crippen molar-refractivity contribution in [3.63, 3.8) is 0 Å². The molecule has 0 amide bonds. The molecule has 0 aliphatic heterocycles. The lowest BCUT2D eigenvalue weighted by Gasteiger charge is -2.08. The van der Waals surface area contributed by atoms with Gasteiger partial charge in [-0.1, -0.05) is 12.0 Å². The molecular weight excluding hydrogens is 192 g/mol. The van der Waals surface area contributed by atoms with E-state index in [0.717, 1.165) is 5.92 Å². The molecule has 5 heteroatoms. The smallest absolute Gasteiger partial charge is 0.315 e. The molecule has 1 aromatic heterocycles. The molecule has 1 aromatic rings. The van der Waals surface area contributed by atoms with E-state index in [2.05, 4.69) is 27.8 Å². The molecule has 15 heavy (non-hydrogen) atoms. The second kappa shape index (κ2) is 4.61. The van der Waals surface area contributed by atoms with Crippen LogP contribution in [0.1, 0.15) is 32.1 Å². The van der Waals surface area contributed by atoms with Gasteiger partial charge >= 0.3 is 6.01 Å². The Labute approximate surface area is 89.6 Å². The Morgan fingerprint density at radius 2 is 2.27 bits per heavy atom. The predicted octanol–water partition coefficient (Wildman–Crippen LogP) is 1.39. The van der Waals surface area contributed by atoms with Crippen LogP contribution in [0.5, 0.6) is 0 Å². The Bertz CT molecular complexity index is 312. The highest BCUT2D eigenvalue weighted by Crippen LogP contribution is 2.26. The first-order valence-electron chi connectivity index (χ1n) is 5.51.